The second-order valence-electron chi connectivity index (χ2n) is 4.60. The summed E-state index contributed by atoms with van der Waals surface area (Å²) in [5.74, 6) is -0.149. The van der Waals surface area contributed by atoms with Crippen LogP contribution in [0.4, 0.5) is 8.78 Å². The smallest absolute Gasteiger partial charge is 0.264 e. The molecule has 0 N–H and O–H groups in total. The minimum atomic E-state index is -2.53. The van der Waals surface area contributed by atoms with Crippen LogP contribution >= 0.6 is 22.9 Å². The number of fused-ring (bicyclic) bond motifs is 1. The molecule has 1 heterocycles. The van der Waals surface area contributed by atoms with Crippen molar-refractivity contribution in [1.29, 1.82) is 0 Å². The molecule has 2 nitrogen and oxygen atoms in total. The number of amides is 1. The number of hydrogen-bond donors (Lipinski definition) is 0. The zero-order valence-corrected chi connectivity index (χ0v) is 12.1. The van der Waals surface area contributed by atoms with E-state index in [1.54, 1.807) is 0 Å². The molecule has 19 heavy (non-hydrogen) atoms. The van der Waals surface area contributed by atoms with E-state index in [9.17, 15) is 13.6 Å². The summed E-state index contributed by atoms with van der Waals surface area (Å²) >= 11 is 7.02. The van der Waals surface area contributed by atoms with Crippen LogP contribution in [0.25, 0.3) is 0 Å². The fraction of sp³-hybridized carbons (Fsp3) is 0.615. The van der Waals surface area contributed by atoms with Crippen LogP contribution in [0.1, 0.15) is 33.0 Å². The Balaban J connectivity index is 2.13. The summed E-state index contributed by atoms with van der Waals surface area (Å²) in [6, 6.07) is 1.87. The van der Waals surface area contributed by atoms with E-state index in [4.69, 9.17) is 11.6 Å². The van der Waals surface area contributed by atoms with Crippen LogP contribution in [-0.4, -0.2) is 36.2 Å². The Bertz CT molecular complexity index is 426. The number of nitrogens with zero attached hydrogens (tertiary/aromatic N) is 1. The SMILES string of the molecule is O=C(c1cc2c(s1)CCCC2)N(CCCl)CC(F)F. The number of carbonyl (C=O) groups is 1. The molecule has 2 rings (SSSR count). The second-order valence-corrected chi connectivity index (χ2v) is 6.11. The van der Waals surface area contributed by atoms with Crippen molar-refractivity contribution < 1.29 is 13.6 Å². The molecule has 0 fully saturated rings. The molecule has 0 saturated carbocycles. The van der Waals surface area contributed by atoms with Crippen LogP contribution in [0.3, 0.4) is 0 Å². The molecule has 1 aromatic heterocycles. The van der Waals surface area contributed by atoms with Gasteiger partial charge in [-0.15, -0.1) is 22.9 Å². The van der Waals surface area contributed by atoms with Gasteiger partial charge < -0.3 is 4.90 Å². The van der Waals surface area contributed by atoms with E-state index < -0.39 is 13.0 Å². The van der Waals surface area contributed by atoms with Crippen molar-refractivity contribution in [3.05, 3.63) is 21.4 Å². The standard InChI is InChI=1S/C13H16ClF2NOS/c14-5-6-17(8-12(15)16)13(18)11-7-9-3-1-2-4-10(9)19-11/h7,12H,1-6,8H2. The number of halogens is 3. The van der Waals surface area contributed by atoms with Gasteiger partial charge in [0.15, 0.2) is 0 Å². The highest BCUT2D eigenvalue weighted by Gasteiger charge is 2.23. The monoisotopic (exact) mass is 307 g/mol. The van der Waals surface area contributed by atoms with Gasteiger partial charge in [-0.1, -0.05) is 0 Å². The topological polar surface area (TPSA) is 20.3 Å². The third kappa shape index (κ3) is 3.66. The van der Waals surface area contributed by atoms with Gasteiger partial charge in [-0.2, -0.15) is 0 Å². The molecule has 0 aliphatic heterocycles. The van der Waals surface area contributed by atoms with E-state index in [2.05, 4.69) is 0 Å². The van der Waals surface area contributed by atoms with Gasteiger partial charge in [-0.25, -0.2) is 8.78 Å². The summed E-state index contributed by atoms with van der Waals surface area (Å²) in [5.41, 5.74) is 1.21. The van der Waals surface area contributed by atoms with Gasteiger partial charge in [0.25, 0.3) is 12.3 Å². The maximum atomic E-state index is 12.5. The summed E-state index contributed by atoms with van der Waals surface area (Å²) in [4.78, 5) is 15.2. The summed E-state index contributed by atoms with van der Waals surface area (Å²) in [6.45, 7) is -0.387. The first-order chi connectivity index (χ1) is 9.11. The van der Waals surface area contributed by atoms with Gasteiger partial charge in [-0.3, -0.25) is 4.79 Å². The molecular weight excluding hydrogens is 292 g/mol. The second kappa shape index (κ2) is 6.66. The molecule has 0 unspecified atom stereocenters. The number of rotatable bonds is 5. The Labute approximate surface area is 120 Å². The minimum absolute atomic E-state index is 0.160. The third-order valence-electron chi connectivity index (χ3n) is 3.21. The summed E-state index contributed by atoms with van der Waals surface area (Å²) in [7, 11) is 0. The average Bonchev–Trinajstić information content (AvgIpc) is 2.80. The van der Waals surface area contributed by atoms with Crippen LogP contribution < -0.4 is 0 Å². The number of hydrogen-bond acceptors (Lipinski definition) is 2. The molecule has 6 heteroatoms. The lowest BCUT2D eigenvalue weighted by molar-refractivity contribution is 0.0575. The van der Waals surface area contributed by atoms with Gasteiger partial charge in [-0.05, 0) is 37.3 Å². The molecule has 1 aromatic rings. The van der Waals surface area contributed by atoms with E-state index in [1.807, 2.05) is 6.07 Å². The average molecular weight is 308 g/mol. The molecule has 0 spiro atoms. The molecular formula is C13H16ClF2NOS. The van der Waals surface area contributed by atoms with Crippen LogP contribution in [0, 0.1) is 0 Å². The molecule has 0 atom stereocenters. The first-order valence-corrected chi connectivity index (χ1v) is 7.72. The number of thiophene rings is 1. The predicted octanol–water partition coefficient (Wildman–Crippen LogP) is 3.57. The Morgan fingerprint density at radius 2 is 2.16 bits per heavy atom. The maximum Gasteiger partial charge on any atom is 0.264 e. The Morgan fingerprint density at radius 3 is 2.79 bits per heavy atom. The van der Waals surface area contributed by atoms with E-state index in [1.165, 1.54) is 21.8 Å². The van der Waals surface area contributed by atoms with Gasteiger partial charge in [0.2, 0.25) is 0 Å². The van der Waals surface area contributed by atoms with Gasteiger partial charge in [0.1, 0.15) is 0 Å². The molecule has 106 valence electrons. The molecule has 0 saturated heterocycles. The quantitative estimate of drug-likeness (QED) is 0.762. The van der Waals surface area contributed by atoms with Crippen molar-refractivity contribution in [3.8, 4) is 0 Å². The molecule has 1 aliphatic rings. The molecule has 1 aliphatic carbocycles. The van der Waals surface area contributed by atoms with Crippen molar-refractivity contribution in [2.24, 2.45) is 0 Å². The van der Waals surface area contributed by atoms with E-state index in [0.717, 1.165) is 30.6 Å². The zero-order valence-electron chi connectivity index (χ0n) is 10.5. The molecule has 0 aromatic carbocycles. The Morgan fingerprint density at radius 1 is 1.42 bits per heavy atom. The zero-order chi connectivity index (χ0) is 13.8. The number of aryl methyl sites for hydroxylation is 2. The van der Waals surface area contributed by atoms with Crippen molar-refractivity contribution in [1.82, 2.24) is 4.90 Å². The normalized spacial score (nSPS) is 14.5. The fourth-order valence-electron chi connectivity index (χ4n) is 2.30. The lowest BCUT2D eigenvalue weighted by Crippen LogP contribution is -2.36. The highest BCUT2D eigenvalue weighted by molar-refractivity contribution is 7.14. The summed E-state index contributed by atoms with van der Waals surface area (Å²) in [6.07, 6.45) is 1.74. The van der Waals surface area contributed by atoms with Crippen molar-refractivity contribution in [2.75, 3.05) is 19.0 Å². The maximum absolute atomic E-state index is 12.5. The van der Waals surface area contributed by atoms with E-state index in [-0.39, 0.29) is 18.3 Å². The highest BCUT2D eigenvalue weighted by Crippen LogP contribution is 2.30. The van der Waals surface area contributed by atoms with Crippen LogP contribution in [0.15, 0.2) is 6.07 Å². The minimum Gasteiger partial charge on any atom is -0.331 e. The Kier molecular flexibility index (Phi) is 5.16. The Hall–Kier alpha value is -0.680. The summed E-state index contributed by atoms with van der Waals surface area (Å²) in [5, 5.41) is 0. The predicted molar refractivity (Wildman–Crippen MR) is 73.6 cm³/mol. The van der Waals surface area contributed by atoms with E-state index in [0.29, 0.717) is 4.88 Å². The van der Waals surface area contributed by atoms with Crippen molar-refractivity contribution >= 4 is 28.8 Å². The largest absolute Gasteiger partial charge is 0.331 e. The van der Waals surface area contributed by atoms with Crippen molar-refractivity contribution in [3.63, 3.8) is 0 Å². The molecule has 0 bridgehead atoms. The number of carbonyl (C=O) groups excluding carboxylic acids is 1. The lowest BCUT2D eigenvalue weighted by atomic mass is 9.99. The first kappa shape index (κ1) is 14.7. The van der Waals surface area contributed by atoms with Gasteiger partial charge in [0.05, 0.1) is 11.4 Å². The number of alkyl halides is 3. The van der Waals surface area contributed by atoms with Crippen LogP contribution in [0.2, 0.25) is 0 Å². The van der Waals surface area contributed by atoms with Crippen LogP contribution in [0.5, 0.6) is 0 Å². The first-order valence-electron chi connectivity index (χ1n) is 6.36. The fourth-order valence-corrected chi connectivity index (χ4v) is 3.72. The highest BCUT2D eigenvalue weighted by atomic mass is 35.5. The molecule has 0 radical (unpaired) electrons. The van der Waals surface area contributed by atoms with Crippen molar-refractivity contribution in [2.45, 2.75) is 32.1 Å². The summed E-state index contributed by atoms with van der Waals surface area (Å²) < 4.78 is 25.0. The van der Waals surface area contributed by atoms with Gasteiger partial charge in [0, 0.05) is 17.3 Å². The lowest BCUT2D eigenvalue weighted by Gasteiger charge is -2.20. The van der Waals surface area contributed by atoms with E-state index >= 15 is 0 Å². The van der Waals surface area contributed by atoms with Crippen LogP contribution in [-0.2, 0) is 12.8 Å². The molecule has 1 amide bonds. The third-order valence-corrected chi connectivity index (χ3v) is 4.60. The van der Waals surface area contributed by atoms with Gasteiger partial charge >= 0.3 is 0 Å².